The summed E-state index contributed by atoms with van der Waals surface area (Å²) < 4.78 is 70.4. The van der Waals surface area contributed by atoms with E-state index in [1.807, 2.05) is 0 Å². The van der Waals surface area contributed by atoms with Gasteiger partial charge in [-0.05, 0) is 52.4 Å². The minimum atomic E-state index is -4.55. The molecular formula is C20H21NO10S2. The highest BCUT2D eigenvalue weighted by Crippen LogP contribution is 2.46. The molecule has 0 saturated heterocycles. The lowest BCUT2D eigenvalue weighted by atomic mass is 9.98. The Morgan fingerprint density at radius 1 is 0.939 bits per heavy atom. The fourth-order valence-electron chi connectivity index (χ4n) is 3.66. The molecule has 0 bridgehead atoms. The molecule has 0 aliphatic heterocycles. The third-order valence-electron chi connectivity index (χ3n) is 5.27. The minimum Gasteiger partial charge on any atom is -0.480 e. The highest BCUT2D eigenvalue weighted by molar-refractivity contribution is 7.86. The maximum Gasteiger partial charge on any atom is 0.407 e. The fourth-order valence-corrected chi connectivity index (χ4v) is 4.69. The number of carboxylic acid groups (broad SMARTS) is 1. The van der Waals surface area contributed by atoms with Gasteiger partial charge in [0, 0.05) is 5.92 Å². The Bertz CT molecular complexity index is 1250. The first-order valence-electron chi connectivity index (χ1n) is 9.59. The molecule has 0 fully saturated rings. The molecule has 0 heterocycles. The summed E-state index contributed by atoms with van der Waals surface area (Å²) in [6.45, 7) is 2.78. The van der Waals surface area contributed by atoms with Crippen LogP contribution in [0.5, 0.6) is 0 Å². The molecule has 0 radical (unpaired) electrons. The molecule has 1 amide bonds. The zero-order valence-electron chi connectivity index (χ0n) is 17.4. The zero-order chi connectivity index (χ0) is 24.7. The summed E-state index contributed by atoms with van der Waals surface area (Å²) in [5, 5.41) is 11.4. The molecule has 0 aromatic heterocycles. The number of benzene rings is 2. The maximum atomic E-state index is 12.2. The Kier molecular flexibility index (Phi) is 6.53. The lowest BCUT2D eigenvalue weighted by molar-refractivity contribution is -0.140. The number of nitrogens with one attached hydrogen (secondary N) is 1. The molecule has 4 N–H and O–H groups in total. The smallest absolute Gasteiger partial charge is 0.407 e. The standard InChI is InChI=1S/C20H21NO10S2/c1-10(2)18(19(22)23)21-20(24)31-9-17-15-7-11(32(25,26)27)3-5-13(15)14-6-4-12(8-16(14)17)33(28,29)30/h3-8,10,17-18H,9H2,1-2H3,(H,21,24)(H,22,23)(H,25,26,27)(H,28,29,30)/t18-/m0/s1. The van der Waals surface area contributed by atoms with Crippen molar-refractivity contribution < 1.29 is 45.4 Å². The summed E-state index contributed by atoms with van der Waals surface area (Å²) in [6, 6.07) is 6.33. The van der Waals surface area contributed by atoms with Crippen LogP contribution >= 0.6 is 0 Å². The van der Waals surface area contributed by atoms with Gasteiger partial charge in [-0.1, -0.05) is 26.0 Å². The number of rotatable bonds is 7. The lowest BCUT2D eigenvalue weighted by Crippen LogP contribution is -2.44. The SMILES string of the molecule is CC(C)[C@H](NC(=O)OCC1c2cc(S(=O)(=O)O)ccc2-c2ccc(S(=O)(=O)O)cc21)C(=O)O. The molecule has 33 heavy (non-hydrogen) atoms. The van der Waals surface area contributed by atoms with Gasteiger partial charge in [0.1, 0.15) is 12.6 Å². The molecule has 2 aromatic rings. The largest absolute Gasteiger partial charge is 0.480 e. The van der Waals surface area contributed by atoms with E-state index in [0.29, 0.717) is 22.3 Å². The topological polar surface area (TPSA) is 184 Å². The predicted octanol–water partition coefficient (Wildman–Crippen LogP) is 2.13. The molecule has 0 spiro atoms. The van der Waals surface area contributed by atoms with Crippen molar-refractivity contribution in [1.82, 2.24) is 5.32 Å². The van der Waals surface area contributed by atoms with Gasteiger partial charge < -0.3 is 15.2 Å². The lowest BCUT2D eigenvalue weighted by Gasteiger charge is -2.19. The van der Waals surface area contributed by atoms with E-state index in [-0.39, 0.29) is 0 Å². The normalized spacial score (nSPS) is 14.5. The first-order valence-corrected chi connectivity index (χ1v) is 12.5. The summed E-state index contributed by atoms with van der Waals surface area (Å²) in [6.07, 6.45) is -1.04. The number of alkyl carbamates (subject to hydrolysis) is 1. The quantitative estimate of drug-likeness (QED) is 0.411. The first kappa shape index (κ1) is 24.6. The van der Waals surface area contributed by atoms with Crippen molar-refractivity contribution >= 4 is 32.3 Å². The average molecular weight is 500 g/mol. The van der Waals surface area contributed by atoms with E-state index >= 15 is 0 Å². The van der Waals surface area contributed by atoms with Crippen LogP contribution in [0, 0.1) is 5.92 Å². The Morgan fingerprint density at radius 2 is 1.39 bits per heavy atom. The van der Waals surface area contributed by atoms with Gasteiger partial charge in [0.05, 0.1) is 9.79 Å². The summed E-state index contributed by atoms with van der Waals surface area (Å²) in [7, 11) is -9.11. The van der Waals surface area contributed by atoms with Gasteiger partial charge in [0.25, 0.3) is 20.2 Å². The van der Waals surface area contributed by atoms with Crippen LogP contribution in [-0.4, -0.2) is 55.8 Å². The van der Waals surface area contributed by atoms with Crippen LogP contribution in [0.1, 0.15) is 30.9 Å². The molecule has 11 nitrogen and oxygen atoms in total. The van der Waals surface area contributed by atoms with Crippen molar-refractivity contribution in [2.24, 2.45) is 5.92 Å². The summed E-state index contributed by atoms with van der Waals surface area (Å²) in [4.78, 5) is 22.7. The highest BCUT2D eigenvalue weighted by Gasteiger charge is 2.33. The van der Waals surface area contributed by atoms with Crippen LogP contribution in [-0.2, 0) is 29.8 Å². The molecule has 0 unspecified atom stereocenters. The van der Waals surface area contributed by atoms with E-state index in [1.54, 1.807) is 13.8 Å². The molecular weight excluding hydrogens is 478 g/mol. The molecule has 13 heteroatoms. The van der Waals surface area contributed by atoms with Gasteiger partial charge >= 0.3 is 12.1 Å². The van der Waals surface area contributed by atoms with E-state index < -0.39 is 66.6 Å². The maximum absolute atomic E-state index is 12.2. The Labute approximate surface area is 189 Å². The van der Waals surface area contributed by atoms with Crippen molar-refractivity contribution in [2.75, 3.05) is 6.61 Å². The van der Waals surface area contributed by atoms with Crippen molar-refractivity contribution in [3.63, 3.8) is 0 Å². The van der Waals surface area contributed by atoms with E-state index in [2.05, 4.69) is 5.32 Å². The van der Waals surface area contributed by atoms with E-state index in [9.17, 15) is 40.6 Å². The van der Waals surface area contributed by atoms with E-state index in [4.69, 9.17) is 4.74 Å². The Morgan fingerprint density at radius 3 is 1.76 bits per heavy atom. The summed E-state index contributed by atoms with van der Waals surface area (Å²) in [5.74, 6) is -2.54. The van der Waals surface area contributed by atoms with Crippen molar-refractivity contribution in [3.8, 4) is 11.1 Å². The first-order chi connectivity index (χ1) is 15.2. The summed E-state index contributed by atoms with van der Waals surface area (Å²) >= 11 is 0. The second-order valence-corrected chi connectivity index (χ2v) is 10.6. The number of ether oxygens (including phenoxy) is 1. The van der Waals surface area contributed by atoms with Gasteiger partial charge in [-0.2, -0.15) is 16.8 Å². The molecule has 2 aromatic carbocycles. The number of carbonyl (C=O) groups excluding carboxylic acids is 1. The Balaban J connectivity index is 1.99. The van der Waals surface area contributed by atoms with Crippen LogP contribution in [0.4, 0.5) is 4.79 Å². The number of hydrogen-bond donors (Lipinski definition) is 4. The second-order valence-electron chi connectivity index (χ2n) is 7.80. The average Bonchev–Trinajstić information content (AvgIpc) is 3.01. The van der Waals surface area contributed by atoms with Gasteiger partial charge in [-0.15, -0.1) is 0 Å². The predicted molar refractivity (Wildman–Crippen MR) is 114 cm³/mol. The van der Waals surface area contributed by atoms with Gasteiger partial charge in [0.2, 0.25) is 0 Å². The monoisotopic (exact) mass is 499 g/mol. The number of hydrogen-bond acceptors (Lipinski definition) is 7. The number of carboxylic acids is 1. The molecule has 3 rings (SSSR count). The van der Waals surface area contributed by atoms with Gasteiger partial charge in [-0.3, -0.25) is 9.11 Å². The summed E-state index contributed by atoms with van der Waals surface area (Å²) in [5.41, 5.74) is 1.69. The molecule has 1 aliphatic rings. The van der Waals surface area contributed by atoms with Gasteiger partial charge in [-0.25, -0.2) is 9.59 Å². The minimum absolute atomic E-state index is 0.332. The van der Waals surface area contributed by atoms with Crippen molar-refractivity contribution in [1.29, 1.82) is 0 Å². The number of amides is 1. The fraction of sp³-hybridized carbons (Fsp3) is 0.300. The third kappa shape index (κ3) is 5.16. The zero-order valence-corrected chi connectivity index (χ0v) is 19.1. The van der Waals surface area contributed by atoms with Crippen LogP contribution < -0.4 is 5.32 Å². The number of fused-ring (bicyclic) bond motifs is 3. The van der Waals surface area contributed by atoms with Gasteiger partial charge in [0.15, 0.2) is 0 Å². The molecule has 1 aliphatic carbocycles. The van der Waals surface area contributed by atoms with Crippen LogP contribution in [0.25, 0.3) is 11.1 Å². The number of aliphatic carboxylic acids is 1. The van der Waals surface area contributed by atoms with Crippen molar-refractivity contribution in [3.05, 3.63) is 47.5 Å². The highest BCUT2D eigenvalue weighted by atomic mass is 32.2. The van der Waals surface area contributed by atoms with E-state index in [1.165, 1.54) is 36.4 Å². The third-order valence-corrected chi connectivity index (χ3v) is 6.97. The van der Waals surface area contributed by atoms with Crippen LogP contribution in [0.3, 0.4) is 0 Å². The second kappa shape index (κ2) is 8.74. The molecule has 0 saturated carbocycles. The van der Waals surface area contributed by atoms with Crippen LogP contribution in [0.2, 0.25) is 0 Å². The van der Waals surface area contributed by atoms with Crippen molar-refractivity contribution in [2.45, 2.75) is 35.6 Å². The number of carbonyl (C=O) groups is 2. The Hall–Kier alpha value is -3.00. The van der Waals surface area contributed by atoms with Crippen LogP contribution in [0.15, 0.2) is 46.2 Å². The molecule has 1 atom stereocenters. The molecule has 178 valence electrons. The van der Waals surface area contributed by atoms with E-state index in [0.717, 1.165) is 0 Å².